The molecule has 0 unspecified atom stereocenters. The molecule has 0 aromatic heterocycles. The standard InChI is InChI=1S/C46H76N16O12/c1-26(56-43(71)37(35(64)24-50)61-39(67)29(51)9-2-4-18-47)38(66)55-25-36(65)57-31(11-6-20-49)44(72)62-22-8-13-34(62)42(70)60-33(23-27-14-16-28(63)17-15-27)41(69)58-30(10-3-5-19-48)40(68)59-32(45(73)74)12-7-21-54-46(52)53/h12,14-17,26,29-30,33-35,37,63-64H,2-11,13,18-25,47-51H2,1H3,(H,55,66)(H,56,71)(H,58,69)(H,59,68)(H,60,70)(H,61,67)(H,73,74)(H4,52,53,54)/b32-12-,57-31+/t26-,29-,30-,33-,34-,35-,37-/m0/s1. The number of phenols is 1. The fourth-order valence-corrected chi connectivity index (χ4v) is 7.39. The predicted octanol–water partition coefficient (Wildman–Crippen LogP) is -5.43. The number of nitrogens with one attached hydrogen (secondary N) is 8. The summed E-state index contributed by atoms with van der Waals surface area (Å²) in [7, 11) is 0. The first-order valence-electron chi connectivity index (χ1n) is 24.4. The van der Waals surface area contributed by atoms with Crippen LogP contribution in [0.3, 0.4) is 0 Å². The van der Waals surface area contributed by atoms with Gasteiger partial charge in [-0.3, -0.25) is 43.8 Å². The van der Waals surface area contributed by atoms with Crippen LogP contribution in [0.1, 0.15) is 83.1 Å². The Morgan fingerprint density at radius 1 is 0.811 bits per heavy atom. The molecule has 1 saturated heterocycles. The molecule has 1 aliphatic heterocycles. The number of carbonyl (C=O) groups is 9. The second-order valence-electron chi connectivity index (χ2n) is 17.4. The number of hydrogen-bond acceptors (Lipinski definition) is 17. The van der Waals surface area contributed by atoms with Gasteiger partial charge in [0.05, 0.1) is 18.7 Å². The number of aromatic hydroxyl groups is 1. The third kappa shape index (κ3) is 22.3. The molecule has 1 aromatic carbocycles. The molecule has 1 fully saturated rings. The van der Waals surface area contributed by atoms with Crippen molar-refractivity contribution in [2.75, 3.05) is 45.8 Å². The minimum atomic E-state index is -1.58. The Labute approximate surface area is 428 Å². The highest BCUT2D eigenvalue weighted by Gasteiger charge is 2.38. The zero-order valence-corrected chi connectivity index (χ0v) is 41.7. The summed E-state index contributed by atoms with van der Waals surface area (Å²) in [6.07, 6.45) is 2.34. The van der Waals surface area contributed by atoms with Gasteiger partial charge in [-0.25, -0.2) is 9.79 Å². The lowest BCUT2D eigenvalue weighted by Gasteiger charge is -2.28. The molecule has 0 bridgehead atoms. The number of carboxylic acids is 1. The Morgan fingerprint density at radius 2 is 1.46 bits per heavy atom. The molecule has 0 aliphatic carbocycles. The van der Waals surface area contributed by atoms with Crippen molar-refractivity contribution in [3.63, 3.8) is 0 Å². The van der Waals surface area contributed by atoms with Crippen molar-refractivity contribution in [2.45, 2.75) is 126 Å². The number of aliphatic imine (C=N–C) groups is 1. The monoisotopic (exact) mass is 1040 g/mol. The SMILES string of the molecule is C[C@H](NC(=O)[C@@H](NC(=O)[C@@H](N)CCCCN)[C@@H](O)CN)C(=O)NCC(=O)/N=C(\CCCN)C(=O)N1CCC[C@H]1C(=O)N[C@@H](Cc1ccc(O)cc1)C(=O)N[C@@H](CCCCN)C(=O)N/C(=C\CCNC(=N)N)C(=O)O. The van der Waals surface area contributed by atoms with Crippen LogP contribution in [-0.4, -0.2) is 173 Å². The first kappa shape index (κ1) is 63.0. The van der Waals surface area contributed by atoms with E-state index in [0.717, 1.165) is 0 Å². The average Bonchev–Trinajstić information content (AvgIpc) is 3.87. The van der Waals surface area contributed by atoms with E-state index in [1.165, 1.54) is 42.2 Å². The molecule has 0 spiro atoms. The van der Waals surface area contributed by atoms with Crippen LogP contribution in [0.2, 0.25) is 0 Å². The van der Waals surface area contributed by atoms with Crippen LogP contribution in [-0.2, 0) is 49.6 Å². The smallest absolute Gasteiger partial charge is 0.352 e. The number of guanidine groups is 1. The summed E-state index contributed by atoms with van der Waals surface area (Å²) in [6, 6.07) is -2.04. The van der Waals surface area contributed by atoms with E-state index < -0.39 is 114 Å². The number of aliphatic hydroxyl groups is 1. The van der Waals surface area contributed by atoms with Crippen LogP contribution in [0, 0.1) is 5.41 Å². The zero-order chi connectivity index (χ0) is 55.3. The quantitative estimate of drug-likeness (QED) is 0.0135. The van der Waals surface area contributed by atoms with Crippen molar-refractivity contribution in [3.05, 3.63) is 41.6 Å². The van der Waals surface area contributed by atoms with Gasteiger partial charge < -0.3 is 91.8 Å². The minimum Gasteiger partial charge on any atom is -0.508 e. The van der Waals surface area contributed by atoms with E-state index in [1.807, 2.05) is 0 Å². The molecule has 8 amide bonds. The Kier molecular flexibility index (Phi) is 28.6. The van der Waals surface area contributed by atoms with Crippen molar-refractivity contribution in [2.24, 2.45) is 39.4 Å². The summed E-state index contributed by atoms with van der Waals surface area (Å²) in [5.41, 5.74) is 33.4. The summed E-state index contributed by atoms with van der Waals surface area (Å²) in [6.45, 7) is 0.981. The number of amides is 8. The van der Waals surface area contributed by atoms with Crippen LogP contribution in [0.15, 0.2) is 41.0 Å². The molecular formula is C46H76N16O12. The second kappa shape index (κ2) is 33.6. The Bertz CT molecular complexity index is 2140. The van der Waals surface area contributed by atoms with Crippen LogP contribution < -0.4 is 71.6 Å². The number of nitrogens with zero attached hydrogens (tertiary/aromatic N) is 2. The predicted molar refractivity (Wildman–Crippen MR) is 271 cm³/mol. The van der Waals surface area contributed by atoms with Gasteiger partial charge in [-0.05, 0) is 108 Å². The highest BCUT2D eigenvalue weighted by Crippen LogP contribution is 2.20. The fourth-order valence-electron chi connectivity index (χ4n) is 7.39. The molecule has 74 heavy (non-hydrogen) atoms. The maximum absolute atomic E-state index is 14.2. The van der Waals surface area contributed by atoms with Gasteiger partial charge in [0.1, 0.15) is 47.4 Å². The van der Waals surface area contributed by atoms with Gasteiger partial charge in [-0.15, -0.1) is 0 Å². The summed E-state index contributed by atoms with van der Waals surface area (Å²) in [4.78, 5) is 125. The van der Waals surface area contributed by atoms with Gasteiger partial charge in [-0.2, -0.15) is 0 Å². The van der Waals surface area contributed by atoms with Crippen molar-refractivity contribution < 1.29 is 58.5 Å². The molecule has 1 aliphatic rings. The topological polar surface area (TPSA) is 494 Å². The number of aliphatic carboxylic acids is 1. The number of phenolic OH excluding ortho intramolecular Hbond substituents is 1. The van der Waals surface area contributed by atoms with Gasteiger partial charge in [0, 0.05) is 26.1 Å². The third-order valence-corrected chi connectivity index (χ3v) is 11.5. The summed E-state index contributed by atoms with van der Waals surface area (Å²) in [5, 5.41) is 54.5. The van der Waals surface area contributed by atoms with E-state index in [-0.39, 0.29) is 88.5 Å². The normalized spacial score (nSPS) is 16.0. The molecule has 1 heterocycles. The fraction of sp³-hybridized carbons (Fsp3) is 0.587. The number of aliphatic hydroxyl groups excluding tert-OH is 1. The van der Waals surface area contributed by atoms with Gasteiger partial charge in [-0.1, -0.05) is 24.6 Å². The largest absolute Gasteiger partial charge is 0.508 e. The number of likely N-dealkylation sites (tertiary alicyclic amines) is 1. The van der Waals surface area contributed by atoms with Gasteiger partial charge in [0.15, 0.2) is 5.96 Å². The Balaban J connectivity index is 2.29. The number of carboxylic acid groups (broad SMARTS) is 1. The molecule has 1 aromatic rings. The Hall–Kier alpha value is -7.11. The lowest BCUT2D eigenvalue weighted by molar-refractivity contribution is -0.137. The average molecular weight is 1050 g/mol. The number of carbonyl (C=O) groups excluding carboxylic acids is 8. The molecule has 0 saturated carbocycles. The molecule has 2 rings (SSSR count). The first-order valence-corrected chi connectivity index (χ1v) is 24.4. The molecular weight excluding hydrogens is 969 g/mol. The van der Waals surface area contributed by atoms with Crippen molar-refractivity contribution in [3.8, 4) is 5.75 Å². The number of unbranched alkanes of at least 4 members (excludes halogenated alkanes) is 2. The lowest BCUT2D eigenvalue weighted by Crippen LogP contribution is -2.60. The molecule has 412 valence electrons. The zero-order valence-electron chi connectivity index (χ0n) is 41.7. The molecule has 23 N–H and O–H groups in total. The molecule has 28 heteroatoms. The van der Waals surface area contributed by atoms with Gasteiger partial charge >= 0.3 is 5.97 Å². The van der Waals surface area contributed by atoms with Crippen LogP contribution in [0.25, 0.3) is 0 Å². The van der Waals surface area contributed by atoms with Crippen molar-refractivity contribution >= 4 is 64.9 Å². The maximum Gasteiger partial charge on any atom is 0.352 e. The highest BCUT2D eigenvalue weighted by atomic mass is 16.4. The summed E-state index contributed by atoms with van der Waals surface area (Å²) >= 11 is 0. The van der Waals surface area contributed by atoms with E-state index in [4.69, 9.17) is 39.8 Å². The van der Waals surface area contributed by atoms with E-state index >= 15 is 0 Å². The molecule has 7 atom stereocenters. The number of benzene rings is 1. The van der Waals surface area contributed by atoms with Crippen LogP contribution in [0.5, 0.6) is 5.75 Å². The summed E-state index contributed by atoms with van der Waals surface area (Å²) in [5.74, 6) is -8.73. The number of rotatable bonds is 33. The maximum atomic E-state index is 14.2. The Morgan fingerprint density at radius 3 is 2.07 bits per heavy atom. The second-order valence-corrected chi connectivity index (χ2v) is 17.4. The van der Waals surface area contributed by atoms with E-state index in [9.17, 15) is 58.5 Å². The van der Waals surface area contributed by atoms with Crippen molar-refractivity contribution in [1.82, 2.24) is 42.1 Å². The van der Waals surface area contributed by atoms with Crippen LogP contribution in [0.4, 0.5) is 0 Å². The minimum absolute atomic E-state index is 0.0233. The van der Waals surface area contributed by atoms with E-state index in [0.29, 0.717) is 44.2 Å². The third-order valence-electron chi connectivity index (χ3n) is 11.5. The van der Waals surface area contributed by atoms with Gasteiger partial charge in [0.25, 0.3) is 11.8 Å². The van der Waals surface area contributed by atoms with Crippen LogP contribution >= 0.6 is 0 Å². The first-order chi connectivity index (χ1) is 35.2. The number of hydrogen-bond donors (Lipinski definition) is 17. The lowest BCUT2D eigenvalue weighted by atomic mass is 10.0. The molecule has 28 nitrogen and oxygen atoms in total. The van der Waals surface area contributed by atoms with Gasteiger partial charge in [0.2, 0.25) is 35.4 Å². The highest BCUT2D eigenvalue weighted by molar-refractivity contribution is 6.40. The number of nitrogens with two attached hydrogens (primary N) is 6. The van der Waals surface area contributed by atoms with E-state index in [1.54, 1.807) is 0 Å². The summed E-state index contributed by atoms with van der Waals surface area (Å²) < 4.78 is 0. The van der Waals surface area contributed by atoms with Crippen molar-refractivity contribution in [1.29, 1.82) is 5.41 Å². The van der Waals surface area contributed by atoms with E-state index in [2.05, 4.69) is 42.2 Å². The molecule has 0 radical (unpaired) electrons.